The van der Waals surface area contributed by atoms with Gasteiger partial charge in [-0.1, -0.05) is 36.4 Å². The highest BCUT2D eigenvalue weighted by Crippen LogP contribution is 2.39. The van der Waals surface area contributed by atoms with Crippen LogP contribution in [0.3, 0.4) is 0 Å². The molecule has 3 aromatic rings. The standard InChI is InChI=1S/C19H17O9PS3/c20-30(21,22)17-7-1-4-14(10-17)13-29(15-5-2-8-18(11-15)31(23,24)25)16-6-3-9-19(12-16)32(26,27)28/h1-12H,13H2,(H,20,21,22)(H,23,24,25)(H,26,27,28). The smallest absolute Gasteiger partial charge is 0.282 e. The van der Waals surface area contributed by atoms with Crippen molar-refractivity contribution in [3.05, 3.63) is 78.4 Å². The van der Waals surface area contributed by atoms with Gasteiger partial charge in [0.1, 0.15) is 0 Å². The summed E-state index contributed by atoms with van der Waals surface area (Å²) in [7, 11) is -15.0. The van der Waals surface area contributed by atoms with Gasteiger partial charge in [-0.3, -0.25) is 13.7 Å². The minimum Gasteiger partial charge on any atom is -0.282 e. The first-order valence-electron chi connectivity index (χ1n) is 8.74. The lowest BCUT2D eigenvalue weighted by atomic mass is 10.2. The zero-order chi connectivity index (χ0) is 23.7. The van der Waals surface area contributed by atoms with Crippen LogP contribution in [0.15, 0.2) is 87.5 Å². The molecule has 9 nitrogen and oxygen atoms in total. The van der Waals surface area contributed by atoms with Crippen molar-refractivity contribution in [2.45, 2.75) is 20.8 Å². The van der Waals surface area contributed by atoms with Crippen LogP contribution in [0.2, 0.25) is 0 Å². The molecule has 0 aromatic heterocycles. The molecule has 0 heterocycles. The van der Waals surface area contributed by atoms with Crippen molar-refractivity contribution >= 4 is 48.9 Å². The third-order valence-corrected chi connectivity index (χ3v) is 9.42. The molecule has 0 saturated carbocycles. The summed E-state index contributed by atoms with van der Waals surface area (Å²) < 4.78 is 97.5. The molecule has 0 aliphatic rings. The summed E-state index contributed by atoms with van der Waals surface area (Å²) in [6, 6.07) is 16.4. The fourth-order valence-electron chi connectivity index (χ4n) is 2.94. The van der Waals surface area contributed by atoms with Crippen LogP contribution in [-0.4, -0.2) is 38.9 Å². The van der Waals surface area contributed by atoms with E-state index in [1.807, 2.05) is 0 Å². The number of hydrogen-bond acceptors (Lipinski definition) is 6. The summed E-state index contributed by atoms with van der Waals surface area (Å²) >= 11 is 0. The minimum absolute atomic E-state index is 0.141. The van der Waals surface area contributed by atoms with E-state index in [1.165, 1.54) is 54.6 Å². The second-order valence-electron chi connectivity index (χ2n) is 6.65. The summed E-state index contributed by atoms with van der Waals surface area (Å²) in [5.41, 5.74) is 0.473. The first-order valence-corrected chi connectivity index (χ1v) is 14.6. The Hall–Kier alpha value is -2.18. The fourth-order valence-corrected chi connectivity index (χ4v) is 7.07. The predicted molar refractivity (Wildman–Crippen MR) is 119 cm³/mol. The predicted octanol–water partition coefficient (Wildman–Crippen LogP) is 2.06. The maximum atomic E-state index is 11.6. The van der Waals surface area contributed by atoms with E-state index in [0.29, 0.717) is 16.2 Å². The Balaban J connectivity index is 2.17. The molecular formula is C19H17O9PS3. The quantitative estimate of drug-likeness (QED) is 0.315. The summed E-state index contributed by atoms with van der Waals surface area (Å²) in [5.74, 6) is 0. The molecular weight excluding hydrogens is 499 g/mol. The summed E-state index contributed by atoms with van der Waals surface area (Å²) in [6.45, 7) is 0. The van der Waals surface area contributed by atoms with Crippen LogP contribution in [0.4, 0.5) is 0 Å². The molecule has 0 aliphatic carbocycles. The van der Waals surface area contributed by atoms with Crippen molar-refractivity contribution < 1.29 is 38.9 Å². The Morgan fingerprint density at radius 1 is 0.562 bits per heavy atom. The van der Waals surface area contributed by atoms with Crippen LogP contribution >= 0.6 is 7.92 Å². The van der Waals surface area contributed by atoms with E-state index in [4.69, 9.17) is 0 Å². The van der Waals surface area contributed by atoms with Gasteiger partial charge in [0.05, 0.1) is 14.7 Å². The van der Waals surface area contributed by atoms with Gasteiger partial charge >= 0.3 is 0 Å². The normalized spacial score (nSPS) is 12.8. The molecule has 3 rings (SSSR count). The number of benzene rings is 3. The molecule has 3 N–H and O–H groups in total. The Morgan fingerprint density at radius 3 is 1.34 bits per heavy atom. The van der Waals surface area contributed by atoms with Gasteiger partial charge in [0.15, 0.2) is 0 Å². The Bertz CT molecular complexity index is 1410. The van der Waals surface area contributed by atoms with E-state index < -0.39 is 38.3 Å². The molecule has 170 valence electrons. The van der Waals surface area contributed by atoms with Crippen LogP contribution < -0.4 is 10.6 Å². The monoisotopic (exact) mass is 516 g/mol. The van der Waals surface area contributed by atoms with Crippen LogP contribution in [-0.2, 0) is 36.5 Å². The molecule has 0 radical (unpaired) electrons. The number of rotatable bonds is 7. The molecule has 13 heteroatoms. The van der Waals surface area contributed by atoms with Crippen LogP contribution in [0.5, 0.6) is 0 Å². The summed E-state index contributed by atoms with van der Waals surface area (Å²) in [4.78, 5) is -1.05. The second-order valence-corrected chi connectivity index (χ2v) is 13.1. The van der Waals surface area contributed by atoms with Gasteiger partial charge in [-0.05, 0) is 60.5 Å². The van der Waals surface area contributed by atoms with Gasteiger partial charge < -0.3 is 0 Å². The lowest BCUT2D eigenvalue weighted by molar-refractivity contribution is 0.481. The average Bonchev–Trinajstić information content (AvgIpc) is 2.70. The minimum atomic E-state index is -4.51. The Labute approximate surface area is 186 Å². The maximum absolute atomic E-state index is 11.6. The van der Waals surface area contributed by atoms with E-state index >= 15 is 0 Å². The third-order valence-electron chi connectivity index (χ3n) is 4.39. The highest BCUT2D eigenvalue weighted by atomic mass is 32.2. The Kier molecular flexibility index (Phi) is 6.87. The summed E-state index contributed by atoms with van der Waals surface area (Å²) in [6.07, 6.45) is 0.141. The van der Waals surface area contributed by atoms with Crippen molar-refractivity contribution in [3.8, 4) is 0 Å². The van der Waals surface area contributed by atoms with Gasteiger partial charge in [0.25, 0.3) is 30.4 Å². The van der Waals surface area contributed by atoms with Gasteiger partial charge in [-0.2, -0.15) is 25.3 Å². The molecule has 0 unspecified atom stereocenters. The van der Waals surface area contributed by atoms with Crippen molar-refractivity contribution in [1.29, 1.82) is 0 Å². The fraction of sp³-hybridized carbons (Fsp3) is 0.0526. The van der Waals surface area contributed by atoms with Crippen LogP contribution in [0.25, 0.3) is 0 Å². The van der Waals surface area contributed by atoms with E-state index in [9.17, 15) is 38.9 Å². The average molecular weight is 517 g/mol. The highest BCUT2D eigenvalue weighted by molar-refractivity contribution is 7.86. The van der Waals surface area contributed by atoms with Crippen molar-refractivity contribution in [3.63, 3.8) is 0 Å². The molecule has 0 spiro atoms. The number of hydrogen-bond donors (Lipinski definition) is 3. The molecule has 0 atom stereocenters. The second kappa shape index (κ2) is 8.99. The van der Waals surface area contributed by atoms with E-state index in [0.717, 1.165) is 0 Å². The first-order chi connectivity index (χ1) is 14.7. The highest BCUT2D eigenvalue weighted by Gasteiger charge is 2.21. The molecule has 0 aliphatic heterocycles. The third kappa shape index (κ3) is 5.99. The Morgan fingerprint density at radius 2 is 0.938 bits per heavy atom. The van der Waals surface area contributed by atoms with Gasteiger partial charge in [0, 0.05) is 6.16 Å². The molecule has 3 aromatic carbocycles. The summed E-state index contributed by atoms with van der Waals surface area (Å²) in [5, 5.41) is 0.889. The van der Waals surface area contributed by atoms with Gasteiger partial charge in [0.2, 0.25) is 0 Å². The van der Waals surface area contributed by atoms with Crippen molar-refractivity contribution in [2.24, 2.45) is 0 Å². The first kappa shape index (κ1) is 24.5. The zero-order valence-corrected chi connectivity index (χ0v) is 19.4. The molecule has 0 saturated heterocycles. The van der Waals surface area contributed by atoms with E-state index in [-0.39, 0.29) is 20.8 Å². The molecule has 32 heavy (non-hydrogen) atoms. The van der Waals surface area contributed by atoms with Gasteiger partial charge in [-0.25, -0.2) is 0 Å². The molecule has 0 bridgehead atoms. The zero-order valence-electron chi connectivity index (χ0n) is 16.1. The van der Waals surface area contributed by atoms with Crippen LogP contribution in [0.1, 0.15) is 5.56 Å². The lowest BCUT2D eigenvalue weighted by Gasteiger charge is -2.20. The van der Waals surface area contributed by atoms with Crippen molar-refractivity contribution in [1.82, 2.24) is 0 Å². The molecule has 0 amide bonds. The maximum Gasteiger partial charge on any atom is 0.294 e. The SMILES string of the molecule is O=S(=O)(O)c1cccc(CP(c2cccc(S(=O)(=O)O)c2)c2cccc(S(=O)(=O)O)c2)c1. The van der Waals surface area contributed by atoms with Crippen LogP contribution in [0, 0.1) is 0 Å². The van der Waals surface area contributed by atoms with E-state index in [2.05, 4.69) is 0 Å². The molecule has 0 fully saturated rings. The van der Waals surface area contributed by atoms with E-state index in [1.54, 1.807) is 18.2 Å². The largest absolute Gasteiger partial charge is 0.294 e. The lowest BCUT2D eigenvalue weighted by Crippen LogP contribution is -2.16. The topological polar surface area (TPSA) is 163 Å². The van der Waals surface area contributed by atoms with Crippen molar-refractivity contribution in [2.75, 3.05) is 0 Å². The van der Waals surface area contributed by atoms with Gasteiger partial charge in [-0.15, -0.1) is 0 Å².